The van der Waals surface area contributed by atoms with E-state index in [1.165, 1.54) is 4.90 Å². The minimum Gasteiger partial charge on any atom is -0.465 e. The Balaban J connectivity index is 1.50. The van der Waals surface area contributed by atoms with E-state index >= 15 is 0 Å². The standard InChI is InChI=1S/C31H31ClN2O6/c1-19-9-7-12-22(32)26(19)33-15-8-14-31-25(24-23(40-31)13-5-6-16-39-30(24)38)28(36)34(27(31)29(33)37)21(18-35)17-20-10-3-2-4-11-20/h2-5,7-14,21,23-25,27,35H,6,15-18H2,1H3/t21-,23+,24-,25+,27?,31+/m1/s1. The van der Waals surface area contributed by atoms with Crippen LogP contribution in [0.25, 0.3) is 0 Å². The maximum absolute atomic E-state index is 14.7. The summed E-state index contributed by atoms with van der Waals surface area (Å²) in [7, 11) is 0. The van der Waals surface area contributed by atoms with Gasteiger partial charge in [0, 0.05) is 6.54 Å². The molecule has 2 aromatic carbocycles. The monoisotopic (exact) mass is 562 g/mol. The van der Waals surface area contributed by atoms with Crippen LogP contribution in [-0.2, 0) is 30.3 Å². The number of hydrogen-bond acceptors (Lipinski definition) is 6. The van der Waals surface area contributed by atoms with Gasteiger partial charge in [0.1, 0.15) is 17.6 Å². The molecule has 6 atom stereocenters. The maximum Gasteiger partial charge on any atom is 0.312 e. The number of cyclic esters (lactones) is 1. The first kappa shape index (κ1) is 26.7. The molecule has 9 heteroatoms. The predicted octanol–water partition coefficient (Wildman–Crippen LogP) is 3.24. The molecule has 4 aliphatic heterocycles. The number of carbonyl (C=O) groups is 3. The van der Waals surface area contributed by atoms with Gasteiger partial charge in [-0.25, -0.2) is 0 Å². The number of aliphatic hydroxyl groups is 1. The molecule has 0 aliphatic carbocycles. The molecule has 2 fully saturated rings. The van der Waals surface area contributed by atoms with Gasteiger partial charge in [-0.3, -0.25) is 14.4 Å². The Hall–Kier alpha value is -3.46. The molecule has 2 aromatic rings. The molecule has 0 aromatic heterocycles. The first-order valence-corrected chi connectivity index (χ1v) is 14.0. The summed E-state index contributed by atoms with van der Waals surface area (Å²) >= 11 is 6.61. The second-order valence-corrected chi connectivity index (χ2v) is 11.2. The molecule has 8 nitrogen and oxygen atoms in total. The number of rotatable bonds is 5. The lowest BCUT2D eigenvalue weighted by atomic mass is 9.77. The number of likely N-dealkylation sites (tertiary alicyclic amines) is 1. The molecule has 40 heavy (non-hydrogen) atoms. The molecule has 1 unspecified atom stereocenters. The lowest BCUT2D eigenvalue weighted by Crippen LogP contribution is -2.58. The summed E-state index contributed by atoms with van der Waals surface area (Å²) in [4.78, 5) is 45.4. The molecule has 6 rings (SSSR count). The van der Waals surface area contributed by atoms with Crippen LogP contribution >= 0.6 is 11.6 Å². The summed E-state index contributed by atoms with van der Waals surface area (Å²) in [6.45, 7) is 1.92. The van der Waals surface area contributed by atoms with Gasteiger partial charge < -0.3 is 24.4 Å². The highest BCUT2D eigenvalue weighted by Gasteiger charge is 2.72. The van der Waals surface area contributed by atoms with Crippen molar-refractivity contribution >= 4 is 35.1 Å². The van der Waals surface area contributed by atoms with Crippen molar-refractivity contribution in [2.45, 2.75) is 43.6 Å². The number of fused-ring (bicyclic) bond motifs is 2. The highest BCUT2D eigenvalue weighted by atomic mass is 35.5. The van der Waals surface area contributed by atoms with Crippen molar-refractivity contribution in [3.8, 4) is 0 Å². The van der Waals surface area contributed by atoms with Crippen molar-refractivity contribution < 1.29 is 29.0 Å². The lowest BCUT2D eigenvalue weighted by Gasteiger charge is -2.39. The number of nitrogens with zero attached hydrogens (tertiary/aromatic N) is 2. The van der Waals surface area contributed by atoms with E-state index in [4.69, 9.17) is 21.1 Å². The summed E-state index contributed by atoms with van der Waals surface area (Å²) < 4.78 is 12.1. The Morgan fingerprint density at radius 1 is 1.07 bits per heavy atom. The Morgan fingerprint density at radius 3 is 2.62 bits per heavy atom. The zero-order valence-electron chi connectivity index (χ0n) is 22.1. The zero-order valence-corrected chi connectivity index (χ0v) is 22.9. The van der Waals surface area contributed by atoms with Gasteiger partial charge in [0.05, 0.1) is 42.0 Å². The van der Waals surface area contributed by atoms with E-state index in [2.05, 4.69) is 0 Å². The van der Waals surface area contributed by atoms with Crippen molar-refractivity contribution in [2.24, 2.45) is 11.8 Å². The second kappa shape index (κ2) is 10.5. The Labute approximate surface area is 237 Å². The minimum absolute atomic E-state index is 0.206. The number of halogens is 1. The fourth-order valence-electron chi connectivity index (χ4n) is 6.74. The Kier molecular flexibility index (Phi) is 7.02. The van der Waals surface area contributed by atoms with Gasteiger partial charge in [-0.1, -0.05) is 78.4 Å². The number of hydrogen-bond donors (Lipinski definition) is 1. The number of ether oxygens (including phenoxy) is 2. The molecule has 2 amide bonds. The number of anilines is 1. The fraction of sp³-hybridized carbons (Fsp3) is 0.387. The zero-order chi connectivity index (χ0) is 28.0. The average molecular weight is 563 g/mol. The van der Waals surface area contributed by atoms with Crippen molar-refractivity contribution in [1.29, 1.82) is 0 Å². The van der Waals surface area contributed by atoms with Crippen LogP contribution in [0.5, 0.6) is 0 Å². The van der Waals surface area contributed by atoms with Gasteiger partial charge in [-0.2, -0.15) is 0 Å². The van der Waals surface area contributed by atoms with Crippen LogP contribution in [0, 0.1) is 18.8 Å². The largest absolute Gasteiger partial charge is 0.465 e. The van der Waals surface area contributed by atoms with Gasteiger partial charge in [0.25, 0.3) is 5.91 Å². The van der Waals surface area contributed by atoms with E-state index in [0.29, 0.717) is 23.6 Å². The van der Waals surface area contributed by atoms with Crippen molar-refractivity contribution in [1.82, 2.24) is 4.90 Å². The van der Waals surface area contributed by atoms with E-state index in [1.807, 2.05) is 61.5 Å². The average Bonchev–Trinajstić information content (AvgIpc) is 3.32. The normalized spacial score (nSPS) is 30.2. The molecule has 0 radical (unpaired) electrons. The fourth-order valence-corrected chi connectivity index (χ4v) is 7.07. The quantitative estimate of drug-likeness (QED) is 0.444. The van der Waals surface area contributed by atoms with Crippen LogP contribution in [0.1, 0.15) is 17.5 Å². The van der Waals surface area contributed by atoms with Gasteiger partial charge >= 0.3 is 5.97 Å². The molecule has 2 saturated heterocycles. The minimum atomic E-state index is -1.43. The number of aliphatic hydroxyl groups excluding tert-OH is 1. The first-order valence-electron chi connectivity index (χ1n) is 13.6. The van der Waals surface area contributed by atoms with Gasteiger partial charge in [-0.15, -0.1) is 0 Å². The first-order chi connectivity index (χ1) is 19.4. The van der Waals surface area contributed by atoms with E-state index in [9.17, 15) is 19.5 Å². The highest BCUT2D eigenvalue weighted by molar-refractivity contribution is 6.34. The van der Waals surface area contributed by atoms with Crippen LogP contribution in [0.15, 0.2) is 72.8 Å². The number of amides is 2. The topological polar surface area (TPSA) is 96.4 Å². The van der Waals surface area contributed by atoms with Crippen LogP contribution in [0.2, 0.25) is 5.02 Å². The molecule has 1 N–H and O–H groups in total. The molecule has 208 valence electrons. The highest BCUT2D eigenvalue weighted by Crippen LogP contribution is 2.54. The van der Waals surface area contributed by atoms with Gasteiger partial charge in [0.2, 0.25) is 5.91 Å². The number of carbonyl (C=O) groups excluding carboxylic acids is 3. The SMILES string of the molecule is Cc1cccc(Cl)c1N1CC=C[C@]23O[C@H]4C=CCCOC(=O)[C@H]4[C@H]2C(=O)N([C@@H](CO)Cc2ccccc2)C3C1=O. The summed E-state index contributed by atoms with van der Waals surface area (Å²) in [5, 5.41) is 11.0. The van der Waals surface area contributed by atoms with E-state index in [-0.39, 0.29) is 25.7 Å². The van der Waals surface area contributed by atoms with Gasteiger partial charge in [-0.05, 0) is 37.0 Å². The van der Waals surface area contributed by atoms with E-state index in [0.717, 1.165) is 11.1 Å². The van der Waals surface area contributed by atoms with Crippen molar-refractivity contribution in [3.05, 3.63) is 89.0 Å². The molecule has 4 aliphatic rings. The van der Waals surface area contributed by atoms with Crippen molar-refractivity contribution in [2.75, 3.05) is 24.7 Å². The summed E-state index contributed by atoms with van der Waals surface area (Å²) in [6.07, 6.45) is 7.41. The second-order valence-electron chi connectivity index (χ2n) is 10.8. The third kappa shape index (κ3) is 4.17. The number of benzene rings is 2. The molecule has 4 heterocycles. The molecule has 0 saturated carbocycles. The number of para-hydroxylation sites is 1. The summed E-state index contributed by atoms with van der Waals surface area (Å²) in [5.41, 5.74) is 0.841. The van der Waals surface area contributed by atoms with Crippen molar-refractivity contribution in [3.63, 3.8) is 0 Å². The van der Waals surface area contributed by atoms with Crippen LogP contribution < -0.4 is 4.90 Å². The smallest absolute Gasteiger partial charge is 0.312 e. The summed E-state index contributed by atoms with van der Waals surface area (Å²) in [6, 6.07) is 13.1. The van der Waals surface area contributed by atoms with Gasteiger partial charge in [0.15, 0.2) is 0 Å². The predicted molar refractivity (Wildman–Crippen MR) is 149 cm³/mol. The maximum atomic E-state index is 14.7. The van der Waals surface area contributed by atoms with Crippen LogP contribution in [0.4, 0.5) is 5.69 Å². The van der Waals surface area contributed by atoms with Crippen LogP contribution in [-0.4, -0.2) is 71.3 Å². The molecular weight excluding hydrogens is 532 g/mol. The molecule has 0 bridgehead atoms. The summed E-state index contributed by atoms with van der Waals surface area (Å²) in [5.74, 6) is -3.21. The van der Waals surface area contributed by atoms with E-state index < -0.39 is 47.5 Å². The number of aryl methyl sites for hydroxylation is 1. The third-order valence-corrected chi connectivity index (χ3v) is 8.74. The third-order valence-electron chi connectivity index (χ3n) is 8.44. The lowest BCUT2D eigenvalue weighted by molar-refractivity contribution is -0.155. The number of esters is 1. The Bertz CT molecular complexity index is 1370. The molecule has 1 spiro atoms. The van der Waals surface area contributed by atoms with Crippen LogP contribution in [0.3, 0.4) is 0 Å². The Morgan fingerprint density at radius 2 is 1.88 bits per heavy atom. The molecular formula is C31H31ClN2O6. The van der Waals surface area contributed by atoms with E-state index in [1.54, 1.807) is 23.1 Å².